The second-order valence-corrected chi connectivity index (χ2v) is 9.22. The fourth-order valence-electron chi connectivity index (χ4n) is 2.71. The quantitative estimate of drug-likeness (QED) is 0.477. The Labute approximate surface area is 175 Å². The number of hydrogen-bond donors (Lipinski definition) is 0. The molecule has 0 unspecified atom stereocenters. The molecule has 148 valence electrons. The van der Waals surface area contributed by atoms with Gasteiger partial charge in [0.2, 0.25) is 6.41 Å². The fraction of sp³-hybridized carbons (Fsp3) is 0.263. The van der Waals surface area contributed by atoms with Crippen molar-refractivity contribution in [2.75, 3.05) is 18.5 Å². The summed E-state index contributed by atoms with van der Waals surface area (Å²) in [4.78, 5) is 16.2. The van der Waals surface area contributed by atoms with Crippen molar-refractivity contribution in [3.05, 3.63) is 55.3 Å². The maximum absolute atomic E-state index is 14.2. The van der Waals surface area contributed by atoms with Gasteiger partial charge in [-0.05, 0) is 26.0 Å². The van der Waals surface area contributed by atoms with Gasteiger partial charge in [0, 0.05) is 18.5 Å². The minimum atomic E-state index is -0.852. The molecular weight excluding hydrogens is 420 g/mol. The first kappa shape index (κ1) is 20.9. The Kier molecular flexibility index (Phi) is 6.47. The van der Waals surface area contributed by atoms with E-state index in [0.29, 0.717) is 12.2 Å². The molecule has 0 bridgehead atoms. The third-order valence-corrected chi connectivity index (χ3v) is 7.73. The van der Waals surface area contributed by atoms with Gasteiger partial charge in [-0.25, -0.2) is 8.78 Å². The van der Waals surface area contributed by atoms with Crippen LogP contribution in [0.25, 0.3) is 6.08 Å². The molecule has 1 aliphatic rings. The number of rotatable bonds is 6. The number of amides is 1. The van der Waals surface area contributed by atoms with Gasteiger partial charge < -0.3 is 9.80 Å². The Balaban J connectivity index is 1.97. The van der Waals surface area contributed by atoms with E-state index in [-0.39, 0.29) is 4.90 Å². The third-order valence-electron chi connectivity index (χ3n) is 4.27. The number of anilines is 1. The van der Waals surface area contributed by atoms with Gasteiger partial charge in [-0.2, -0.15) is 4.57 Å². The van der Waals surface area contributed by atoms with E-state index in [4.69, 9.17) is 0 Å². The topological polar surface area (TPSA) is 27.4 Å². The van der Waals surface area contributed by atoms with Crippen molar-refractivity contribution >= 4 is 53.0 Å². The lowest BCUT2D eigenvalue weighted by Gasteiger charge is -2.21. The fourth-order valence-corrected chi connectivity index (χ4v) is 5.89. The summed E-state index contributed by atoms with van der Waals surface area (Å²) in [6, 6.07) is 2.72. The zero-order chi connectivity index (χ0) is 20.4. The second-order valence-electron chi connectivity index (χ2n) is 6.06. The number of carbonyl (C=O) groups excluding carboxylic acids is 1. The van der Waals surface area contributed by atoms with Crippen LogP contribution in [-0.4, -0.2) is 24.9 Å². The molecule has 1 aromatic heterocycles. The van der Waals surface area contributed by atoms with Crippen molar-refractivity contribution in [1.82, 2.24) is 4.90 Å². The Bertz CT molecular complexity index is 971. The highest BCUT2D eigenvalue weighted by Gasteiger charge is 2.29. The number of halogens is 2. The average molecular weight is 441 g/mol. The van der Waals surface area contributed by atoms with Crippen molar-refractivity contribution in [1.29, 1.82) is 0 Å². The molecule has 0 N–H and O–H groups in total. The van der Waals surface area contributed by atoms with Crippen LogP contribution in [0.4, 0.5) is 14.5 Å². The normalized spacial score (nSPS) is 15.6. The van der Waals surface area contributed by atoms with Crippen molar-refractivity contribution in [2.45, 2.75) is 18.7 Å². The van der Waals surface area contributed by atoms with Crippen LogP contribution < -0.4 is 9.47 Å². The monoisotopic (exact) mass is 440 g/mol. The maximum Gasteiger partial charge on any atom is 0.264 e. The first-order valence-corrected chi connectivity index (χ1v) is 11.0. The highest BCUT2D eigenvalue weighted by Crippen LogP contribution is 2.50. The number of aromatic nitrogens is 1. The summed E-state index contributed by atoms with van der Waals surface area (Å²) in [5.74, 6) is -1.68. The molecule has 3 rings (SSSR count). The Morgan fingerprint density at radius 1 is 1.39 bits per heavy atom. The van der Waals surface area contributed by atoms with Gasteiger partial charge in [-0.1, -0.05) is 34.9 Å². The molecule has 0 atom stereocenters. The van der Waals surface area contributed by atoms with Crippen molar-refractivity contribution in [2.24, 2.45) is 7.05 Å². The van der Waals surface area contributed by atoms with Crippen molar-refractivity contribution in [3.63, 3.8) is 0 Å². The zero-order valence-corrected chi connectivity index (χ0v) is 18.4. The Morgan fingerprint density at radius 2 is 2.14 bits per heavy atom. The highest BCUT2D eigenvalue weighted by atomic mass is 32.2. The standard InChI is InChI=1S/C19H20F2N3OS3/c1-5-24(11-25)16(10-15-22(3)8-9-26-15)27-12(2)19-23(4)14-7-6-13(20)17(21)18(14)28-19/h6-11H,5H2,1-4H3/q+1/b19-12+. The lowest BCUT2D eigenvalue weighted by molar-refractivity contribution is -0.668. The molecule has 2 heterocycles. The van der Waals surface area contributed by atoms with Gasteiger partial charge >= 0.3 is 0 Å². The van der Waals surface area contributed by atoms with Gasteiger partial charge in [0.1, 0.15) is 7.05 Å². The predicted octanol–water partition coefficient (Wildman–Crippen LogP) is 4.79. The van der Waals surface area contributed by atoms with E-state index in [1.54, 1.807) is 22.3 Å². The van der Waals surface area contributed by atoms with Crippen LogP contribution in [-0.2, 0) is 11.8 Å². The summed E-state index contributed by atoms with van der Waals surface area (Å²) >= 11 is 4.22. The molecule has 0 radical (unpaired) electrons. The van der Waals surface area contributed by atoms with E-state index in [1.807, 2.05) is 55.1 Å². The molecule has 28 heavy (non-hydrogen) atoms. The summed E-state index contributed by atoms with van der Waals surface area (Å²) in [7, 11) is 3.78. The van der Waals surface area contributed by atoms with Crippen LogP contribution in [0.5, 0.6) is 0 Å². The Hall–Kier alpha value is -1.84. The molecule has 0 saturated carbocycles. The molecular formula is C19H20F2N3OS3+. The number of thiazole rings is 1. The Morgan fingerprint density at radius 3 is 2.75 bits per heavy atom. The van der Waals surface area contributed by atoms with E-state index in [0.717, 1.165) is 32.4 Å². The van der Waals surface area contributed by atoms with Crippen LogP contribution in [0.2, 0.25) is 0 Å². The molecule has 0 spiro atoms. The van der Waals surface area contributed by atoms with Crippen LogP contribution in [0.1, 0.15) is 18.9 Å². The number of aryl methyl sites for hydroxylation is 1. The van der Waals surface area contributed by atoms with Crippen molar-refractivity contribution in [3.8, 4) is 0 Å². The molecule has 4 nitrogen and oxygen atoms in total. The number of thioether (sulfide) groups is 2. The molecule has 9 heteroatoms. The molecule has 0 fully saturated rings. The second kappa shape index (κ2) is 8.67. The van der Waals surface area contributed by atoms with E-state index in [2.05, 4.69) is 0 Å². The van der Waals surface area contributed by atoms with E-state index >= 15 is 0 Å². The van der Waals surface area contributed by atoms with Crippen LogP contribution in [0.3, 0.4) is 0 Å². The van der Waals surface area contributed by atoms with Crippen LogP contribution >= 0.6 is 34.9 Å². The lowest BCUT2D eigenvalue weighted by atomic mass is 10.3. The third kappa shape index (κ3) is 3.97. The summed E-state index contributed by atoms with van der Waals surface area (Å²) < 4.78 is 29.8. The minimum Gasteiger partial charge on any atom is -0.337 e. The molecule has 1 aromatic carbocycles. The SMILES string of the molecule is CCN(C=O)/C(=C/c1scc[n+]1C)S/C(C)=C1/Sc2c(ccc(F)c2F)N1C. The van der Waals surface area contributed by atoms with Gasteiger partial charge in [-0.15, -0.1) is 0 Å². The summed E-state index contributed by atoms with van der Waals surface area (Å²) in [5.41, 5.74) is 0.636. The zero-order valence-electron chi connectivity index (χ0n) is 15.9. The summed E-state index contributed by atoms with van der Waals surface area (Å²) in [5, 5.41) is 4.57. The molecule has 1 aliphatic heterocycles. The predicted molar refractivity (Wildman–Crippen MR) is 113 cm³/mol. The minimum absolute atomic E-state index is 0.287. The van der Waals surface area contributed by atoms with Crippen LogP contribution in [0.15, 0.2) is 43.6 Å². The first-order valence-electron chi connectivity index (χ1n) is 8.52. The number of allylic oxidation sites excluding steroid dienone is 1. The number of benzene rings is 1. The molecule has 0 saturated heterocycles. The lowest BCUT2D eigenvalue weighted by Crippen LogP contribution is -2.28. The van der Waals surface area contributed by atoms with Gasteiger partial charge in [0.05, 0.1) is 32.1 Å². The maximum atomic E-state index is 14.2. The van der Waals surface area contributed by atoms with Gasteiger partial charge in [0.25, 0.3) is 5.01 Å². The largest absolute Gasteiger partial charge is 0.337 e. The highest BCUT2D eigenvalue weighted by molar-refractivity contribution is 8.09. The van der Waals surface area contributed by atoms with Crippen LogP contribution in [0, 0.1) is 11.6 Å². The number of nitrogens with zero attached hydrogens (tertiary/aromatic N) is 3. The first-order chi connectivity index (χ1) is 13.4. The average Bonchev–Trinajstić information content (AvgIpc) is 3.23. The summed E-state index contributed by atoms with van der Waals surface area (Å²) in [6.45, 7) is 4.36. The van der Waals surface area contributed by atoms with E-state index in [1.165, 1.54) is 23.5 Å². The molecule has 1 amide bonds. The summed E-state index contributed by atoms with van der Waals surface area (Å²) in [6.07, 6.45) is 4.72. The number of carbonyl (C=O) groups is 1. The van der Waals surface area contributed by atoms with E-state index < -0.39 is 11.6 Å². The molecule has 2 aromatic rings. The number of hydrogen-bond acceptors (Lipinski definition) is 5. The van der Waals surface area contributed by atoms with Gasteiger partial charge in [0.15, 0.2) is 17.8 Å². The van der Waals surface area contributed by atoms with Crippen molar-refractivity contribution < 1.29 is 18.1 Å². The van der Waals surface area contributed by atoms with Gasteiger partial charge in [-0.3, -0.25) is 4.79 Å². The van der Waals surface area contributed by atoms with E-state index in [9.17, 15) is 13.6 Å². The molecule has 0 aliphatic carbocycles. The number of fused-ring (bicyclic) bond motifs is 1. The smallest absolute Gasteiger partial charge is 0.264 e.